The topological polar surface area (TPSA) is 61.0 Å². The Labute approximate surface area is 215 Å². The highest BCUT2D eigenvalue weighted by Gasteiger charge is 2.30. The first-order valence-electron chi connectivity index (χ1n) is 12.1. The van der Waals surface area contributed by atoms with E-state index < -0.39 is 17.2 Å². The van der Waals surface area contributed by atoms with E-state index in [-0.39, 0.29) is 23.6 Å². The number of carbonyl (C=O) groups excluding carboxylic acids is 1. The lowest BCUT2D eigenvalue weighted by Gasteiger charge is -2.34. The van der Waals surface area contributed by atoms with Crippen molar-refractivity contribution in [2.75, 3.05) is 20.2 Å². The van der Waals surface area contributed by atoms with Crippen LogP contribution in [0.4, 0.5) is 19.3 Å². The van der Waals surface area contributed by atoms with E-state index in [1.807, 2.05) is 32.4 Å². The summed E-state index contributed by atoms with van der Waals surface area (Å²) in [6, 6.07) is 9.02. The first kappa shape index (κ1) is 26.1. The van der Waals surface area contributed by atoms with Gasteiger partial charge in [-0.25, -0.2) is 18.4 Å². The minimum absolute atomic E-state index is 0.0124. The van der Waals surface area contributed by atoms with Crippen LogP contribution in [0.1, 0.15) is 45.3 Å². The lowest BCUT2D eigenvalue weighted by molar-refractivity contribution is 0.0184. The van der Waals surface area contributed by atoms with Crippen molar-refractivity contribution in [3.8, 4) is 28.1 Å². The molecular formula is C28H30F2N4O3. The zero-order valence-electron chi connectivity index (χ0n) is 21.6. The van der Waals surface area contributed by atoms with Gasteiger partial charge in [0, 0.05) is 29.9 Å². The van der Waals surface area contributed by atoms with Crippen molar-refractivity contribution >= 4 is 11.8 Å². The number of amides is 1. The summed E-state index contributed by atoms with van der Waals surface area (Å²) in [6.07, 6.45) is 0.972. The van der Waals surface area contributed by atoms with Crippen LogP contribution in [0.15, 0.2) is 36.4 Å². The minimum atomic E-state index is -0.628. The third-order valence-corrected chi connectivity index (χ3v) is 6.39. The van der Waals surface area contributed by atoms with Crippen molar-refractivity contribution < 1.29 is 23.0 Å². The molecule has 4 rings (SSSR count). The fourth-order valence-corrected chi connectivity index (χ4v) is 4.61. The van der Waals surface area contributed by atoms with Gasteiger partial charge < -0.3 is 14.4 Å². The summed E-state index contributed by atoms with van der Waals surface area (Å²) < 4.78 is 41.7. The average molecular weight is 509 g/mol. The Morgan fingerprint density at radius 3 is 2.30 bits per heavy atom. The number of aromatic nitrogens is 2. The molecule has 37 heavy (non-hydrogen) atoms. The highest BCUT2D eigenvalue weighted by atomic mass is 19.1. The number of hydrogen-bond donors (Lipinski definition) is 0. The summed E-state index contributed by atoms with van der Waals surface area (Å²) in [7, 11) is 1.40. The zero-order valence-corrected chi connectivity index (χ0v) is 21.6. The number of rotatable bonds is 4. The first-order chi connectivity index (χ1) is 17.5. The van der Waals surface area contributed by atoms with E-state index in [1.165, 1.54) is 31.4 Å². The number of methoxy groups -OCH3 is 1. The second kappa shape index (κ2) is 10.2. The van der Waals surface area contributed by atoms with E-state index in [0.29, 0.717) is 48.3 Å². The van der Waals surface area contributed by atoms with E-state index >= 15 is 0 Å². The van der Waals surface area contributed by atoms with Gasteiger partial charge in [0.15, 0.2) is 11.6 Å². The van der Waals surface area contributed by atoms with Gasteiger partial charge in [0.25, 0.3) is 0 Å². The van der Waals surface area contributed by atoms with Crippen LogP contribution in [0.25, 0.3) is 27.2 Å². The Morgan fingerprint density at radius 2 is 1.73 bits per heavy atom. The summed E-state index contributed by atoms with van der Waals surface area (Å²) in [5.74, 6) is -1.04. The molecule has 9 heteroatoms. The molecule has 0 unspecified atom stereocenters. The molecule has 1 saturated heterocycles. The Morgan fingerprint density at radius 1 is 1.08 bits per heavy atom. The predicted molar refractivity (Wildman–Crippen MR) is 137 cm³/mol. The molecular weight excluding hydrogens is 478 g/mol. The second-order valence-electron chi connectivity index (χ2n) is 10.1. The number of hydrogen-bond acceptors (Lipinski definition) is 4. The van der Waals surface area contributed by atoms with Crippen LogP contribution in [0.2, 0.25) is 0 Å². The van der Waals surface area contributed by atoms with Crippen LogP contribution in [0.3, 0.4) is 0 Å². The van der Waals surface area contributed by atoms with Crippen molar-refractivity contribution in [1.82, 2.24) is 14.7 Å². The number of nitrogens with zero attached hydrogens (tertiary/aromatic N) is 4. The molecule has 0 radical (unpaired) electrons. The number of benzene rings is 2. The Balaban J connectivity index is 1.72. The molecule has 0 atom stereocenters. The van der Waals surface area contributed by atoms with Crippen molar-refractivity contribution in [2.45, 2.75) is 52.2 Å². The fraction of sp³-hybridized carbons (Fsp3) is 0.393. The van der Waals surface area contributed by atoms with Crippen LogP contribution >= 0.6 is 0 Å². The molecule has 2 aromatic carbocycles. The third-order valence-electron chi connectivity index (χ3n) is 6.39. The predicted octanol–water partition coefficient (Wildman–Crippen LogP) is 6.94. The summed E-state index contributed by atoms with van der Waals surface area (Å²) in [5, 5.41) is 4.87. The van der Waals surface area contributed by atoms with Gasteiger partial charge in [0.1, 0.15) is 17.1 Å². The third kappa shape index (κ3) is 5.43. The maximum absolute atomic E-state index is 14.6. The smallest absolute Gasteiger partial charge is 0.410 e. The van der Waals surface area contributed by atoms with Gasteiger partial charge >= 0.3 is 6.09 Å². The molecule has 7 nitrogen and oxygen atoms in total. The second-order valence-corrected chi connectivity index (χ2v) is 10.1. The van der Waals surface area contributed by atoms with Crippen molar-refractivity contribution in [3.63, 3.8) is 0 Å². The van der Waals surface area contributed by atoms with Crippen LogP contribution in [0, 0.1) is 25.1 Å². The minimum Gasteiger partial charge on any atom is -0.494 e. The monoisotopic (exact) mass is 508 g/mol. The van der Waals surface area contributed by atoms with Gasteiger partial charge in [-0.1, -0.05) is 12.1 Å². The summed E-state index contributed by atoms with van der Waals surface area (Å²) >= 11 is 0. The molecule has 0 aliphatic carbocycles. The zero-order chi connectivity index (χ0) is 26.9. The lowest BCUT2D eigenvalue weighted by Crippen LogP contribution is -2.42. The van der Waals surface area contributed by atoms with Crippen molar-refractivity contribution in [3.05, 3.63) is 65.1 Å². The Kier molecular flexibility index (Phi) is 7.21. The van der Waals surface area contributed by atoms with E-state index in [4.69, 9.17) is 21.1 Å². The van der Waals surface area contributed by atoms with E-state index in [2.05, 4.69) is 4.85 Å². The van der Waals surface area contributed by atoms with Crippen molar-refractivity contribution in [2.24, 2.45) is 0 Å². The lowest BCUT2D eigenvalue weighted by atomic mass is 9.98. The normalized spacial score (nSPS) is 14.4. The van der Waals surface area contributed by atoms with Crippen LogP contribution < -0.4 is 4.74 Å². The molecule has 1 aliphatic rings. The molecule has 194 valence electrons. The highest BCUT2D eigenvalue weighted by molar-refractivity contribution is 5.83. The molecule has 1 fully saturated rings. The SMILES string of the molecule is [C-]#[N+]c1ccc(-c2c(-c3ccc(OC)c(F)c3)nn(C3CCN(C(=O)OC(C)(C)C)CC3)c2C)cc1F. The molecule has 0 bridgehead atoms. The first-order valence-corrected chi connectivity index (χ1v) is 12.1. The van der Waals surface area contributed by atoms with Gasteiger partial charge in [-0.15, -0.1) is 0 Å². The van der Waals surface area contributed by atoms with Crippen molar-refractivity contribution in [1.29, 1.82) is 0 Å². The van der Waals surface area contributed by atoms with Gasteiger partial charge in [-0.2, -0.15) is 5.10 Å². The van der Waals surface area contributed by atoms with Gasteiger partial charge in [-0.3, -0.25) is 4.68 Å². The van der Waals surface area contributed by atoms with Gasteiger partial charge in [-0.05, 0) is 70.4 Å². The average Bonchev–Trinajstić information content (AvgIpc) is 3.20. The molecule has 3 aromatic rings. The van der Waals surface area contributed by atoms with E-state index in [0.717, 1.165) is 5.69 Å². The molecule has 1 aromatic heterocycles. The van der Waals surface area contributed by atoms with Crippen LogP contribution in [0.5, 0.6) is 5.75 Å². The van der Waals surface area contributed by atoms with Crippen LogP contribution in [-0.2, 0) is 4.74 Å². The maximum atomic E-state index is 14.6. The molecule has 0 spiro atoms. The number of likely N-dealkylation sites (tertiary alicyclic amines) is 1. The number of piperidine rings is 1. The quantitative estimate of drug-likeness (QED) is 0.359. The highest BCUT2D eigenvalue weighted by Crippen LogP contribution is 2.39. The fourth-order valence-electron chi connectivity index (χ4n) is 4.61. The summed E-state index contributed by atoms with van der Waals surface area (Å²) in [4.78, 5) is 17.4. The number of ether oxygens (including phenoxy) is 2. The van der Waals surface area contributed by atoms with Gasteiger partial charge in [0.2, 0.25) is 5.69 Å². The Hall–Kier alpha value is -3.93. The number of carbonyl (C=O) groups is 1. The molecule has 1 amide bonds. The van der Waals surface area contributed by atoms with Gasteiger partial charge in [0.05, 0.1) is 19.7 Å². The number of halogens is 2. The molecule has 0 N–H and O–H groups in total. The molecule has 1 aliphatic heterocycles. The molecule has 2 heterocycles. The Bertz CT molecular complexity index is 1360. The summed E-state index contributed by atoms with van der Waals surface area (Å²) in [6.45, 7) is 15.6. The van der Waals surface area contributed by atoms with E-state index in [9.17, 15) is 13.6 Å². The van der Waals surface area contributed by atoms with Crippen LogP contribution in [-0.4, -0.2) is 46.6 Å². The van der Waals surface area contributed by atoms with E-state index in [1.54, 1.807) is 17.0 Å². The standard InChI is InChI=1S/C28H30F2N4O3/c1-17-25(18-7-9-23(31-5)21(29)15-18)26(19-8-10-24(36-6)22(30)16-19)32-34(17)20-11-13-33(14-12-20)27(35)37-28(2,3)4/h7-10,15-16,20H,11-14H2,1-4,6H3. The molecule has 0 saturated carbocycles. The summed E-state index contributed by atoms with van der Waals surface area (Å²) in [5.41, 5.74) is 2.39. The largest absolute Gasteiger partial charge is 0.494 e. The maximum Gasteiger partial charge on any atom is 0.410 e.